The number of hydrogen-bond donors (Lipinski definition) is 5. The molecule has 0 heterocycles. The molecule has 112 valence electrons. The number of nitrogens with one attached hydrogen (secondary N) is 4. The third-order valence-electron chi connectivity index (χ3n) is 3.32. The van der Waals surface area contributed by atoms with Gasteiger partial charge < -0.3 is 5.11 Å². The second kappa shape index (κ2) is 9.26. The Hall–Kier alpha value is 1.20. The molecule has 0 aromatic carbocycles. The lowest BCUT2D eigenvalue weighted by molar-refractivity contribution is 0.101. The maximum absolute atomic E-state index is 9.16. The van der Waals surface area contributed by atoms with Gasteiger partial charge in [0.05, 0.1) is 6.10 Å². The molecule has 19 heavy (non-hydrogen) atoms. The van der Waals surface area contributed by atoms with Crippen molar-refractivity contribution in [2.75, 3.05) is 13.6 Å². The summed E-state index contributed by atoms with van der Waals surface area (Å²) in [4.78, 5) is 0. The molecule has 0 aromatic rings. The molecule has 0 radical (unpaired) electrons. The van der Waals surface area contributed by atoms with Crippen LogP contribution in [-0.2, 0) is 0 Å². The molecule has 0 bridgehead atoms. The Morgan fingerprint density at radius 2 is 1.63 bits per heavy atom. The summed E-state index contributed by atoms with van der Waals surface area (Å²) in [5.41, 5.74) is 0. The second-order valence-electron chi connectivity index (χ2n) is 4.87. The summed E-state index contributed by atoms with van der Waals surface area (Å²) in [5, 5.41) is 10.5. The highest BCUT2D eigenvalue weighted by Crippen LogP contribution is 2.36. The third-order valence-corrected chi connectivity index (χ3v) is 6.71. The van der Waals surface area contributed by atoms with Gasteiger partial charge in [0.2, 0.25) is 0 Å². The van der Waals surface area contributed by atoms with Crippen LogP contribution < -0.4 is 17.7 Å². The normalized spacial score (nSPS) is 33.8. The predicted octanol–water partition coefficient (Wildman–Crippen LogP) is 1.70. The quantitative estimate of drug-likeness (QED) is 0.301. The summed E-state index contributed by atoms with van der Waals surface area (Å²) in [6.45, 7) is 1.07. The maximum atomic E-state index is 9.16. The van der Waals surface area contributed by atoms with Crippen molar-refractivity contribution in [3.63, 3.8) is 0 Å². The Balaban J connectivity index is 1.33. The van der Waals surface area contributed by atoms with Crippen LogP contribution in [0.5, 0.6) is 0 Å². The fraction of sp³-hybridized carbons (Fsp3) is 1.00. The van der Waals surface area contributed by atoms with Crippen LogP contribution >= 0.6 is 48.2 Å². The predicted molar refractivity (Wildman–Crippen MR) is 89.2 cm³/mol. The van der Waals surface area contributed by atoms with Gasteiger partial charge in [-0.15, -0.1) is 0 Å². The first-order valence-electron chi connectivity index (χ1n) is 6.48. The molecule has 9 heteroatoms. The largest absolute Gasteiger partial charge is 0.393 e. The Kier molecular flexibility index (Phi) is 8.08. The van der Waals surface area contributed by atoms with Crippen molar-refractivity contribution >= 4 is 48.2 Å². The molecule has 0 aliphatic heterocycles. The van der Waals surface area contributed by atoms with Crippen molar-refractivity contribution in [1.82, 2.24) is 17.7 Å². The van der Waals surface area contributed by atoms with E-state index in [2.05, 4.69) is 17.7 Å². The molecular formula is C10H22N4OS4. The van der Waals surface area contributed by atoms with Crippen molar-refractivity contribution in [3.8, 4) is 0 Å². The van der Waals surface area contributed by atoms with Gasteiger partial charge in [0.15, 0.2) is 0 Å². The SMILES string of the molecule is CNSNSC1CC(CNSNSC2CC(O)C2)C1. The zero-order valence-electron chi connectivity index (χ0n) is 10.9. The van der Waals surface area contributed by atoms with E-state index in [1.165, 1.54) is 25.0 Å². The molecule has 0 saturated heterocycles. The highest BCUT2D eigenvalue weighted by atomic mass is 32.2. The van der Waals surface area contributed by atoms with Crippen LogP contribution in [0.25, 0.3) is 0 Å². The highest BCUT2D eigenvalue weighted by Gasteiger charge is 2.29. The lowest BCUT2D eigenvalue weighted by Crippen LogP contribution is -2.35. The summed E-state index contributed by atoms with van der Waals surface area (Å²) in [5.74, 6) is 0.809. The smallest absolute Gasteiger partial charge is 0.0562 e. The van der Waals surface area contributed by atoms with Gasteiger partial charge >= 0.3 is 0 Å². The van der Waals surface area contributed by atoms with Gasteiger partial charge in [-0.1, -0.05) is 23.9 Å². The fourth-order valence-corrected chi connectivity index (χ4v) is 5.72. The first-order chi connectivity index (χ1) is 9.28. The summed E-state index contributed by atoms with van der Waals surface area (Å²) >= 11 is 6.66. The molecular weight excluding hydrogens is 320 g/mol. The minimum absolute atomic E-state index is 0.0589. The highest BCUT2D eigenvalue weighted by molar-refractivity contribution is 8.12. The zero-order valence-corrected chi connectivity index (χ0v) is 14.2. The van der Waals surface area contributed by atoms with E-state index in [0.717, 1.165) is 30.6 Å². The molecule has 2 rings (SSSR count). The van der Waals surface area contributed by atoms with Crippen LogP contribution in [0.3, 0.4) is 0 Å². The zero-order chi connectivity index (χ0) is 13.5. The van der Waals surface area contributed by atoms with Gasteiger partial charge in [-0.3, -0.25) is 4.72 Å². The van der Waals surface area contributed by atoms with Crippen LogP contribution in [-0.4, -0.2) is 35.3 Å². The van der Waals surface area contributed by atoms with E-state index in [0.29, 0.717) is 5.25 Å². The maximum Gasteiger partial charge on any atom is 0.0562 e. The molecule has 2 saturated carbocycles. The monoisotopic (exact) mass is 342 g/mol. The minimum atomic E-state index is -0.0589. The first kappa shape index (κ1) is 16.6. The molecule has 2 aliphatic carbocycles. The molecule has 0 atom stereocenters. The van der Waals surface area contributed by atoms with Gasteiger partial charge in [0.25, 0.3) is 0 Å². The van der Waals surface area contributed by atoms with Crippen molar-refractivity contribution in [2.24, 2.45) is 5.92 Å². The van der Waals surface area contributed by atoms with E-state index >= 15 is 0 Å². The standard InChI is InChI=1S/C10H22N4OS4/c1-11-18-13-16-9-2-7(3-9)6-12-19-14-17-10-4-8(15)5-10/h7-15H,2-6H2,1H3. The van der Waals surface area contributed by atoms with Crippen LogP contribution in [0.4, 0.5) is 0 Å². The van der Waals surface area contributed by atoms with Crippen LogP contribution in [0.15, 0.2) is 0 Å². The Morgan fingerprint density at radius 1 is 1.00 bits per heavy atom. The minimum Gasteiger partial charge on any atom is -0.393 e. The van der Waals surface area contributed by atoms with Gasteiger partial charge in [-0.25, -0.2) is 4.72 Å². The Labute approximate surface area is 132 Å². The fourth-order valence-electron chi connectivity index (χ4n) is 1.99. The van der Waals surface area contributed by atoms with Crippen LogP contribution in [0.2, 0.25) is 0 Å². The summed E-state index contributed by atoms with van der Waals surface area (Å²) in [6.07, 6.45) is 4.38. The average Bonchev–Trinajstić information content (AvgIpc) is 2.31. The van der Waals surface area contributed by atoms with Crippen molar-refractivity contribution < 1.29 is 5.11 Å². The van der Waals surface area contributed by atoms with E-state index in [-0.39, 0.29) is 6.10 Å². The van der Waals surface area contributed by atoms with Crippen molar-refractivity contribution in [2.45, 2.75) is 42.3 Å². The molecule has 2 fully saturated rings. The Morgan fingerprint density at radius 3 is 2.26 bits per heavy atom. The van der Waals surface area contributed by atoms with Crippen molar-refractivity contribution in [3.05, 3.63) is 0 Å². The number of aliphatic hydroxyl groups excluding tert-OH is 1. The van der Waals surface area contributed by atoms with E-state index < -0.39 is 0 Å². The van der Waals surface area contributed by atoms with Gasteiger partial charge in [0, 0.05) is 41.3 Å². The van der Waals surface area contributed by atoms with Crippen LogP contribution in [0.1, 0.15) is 25.7 Å². The number of hydrogen-bond acceptors (Lipinski definition) is 9. The van der Waals surface area contributed by atoms with E-state index in [1.54, 1.807) is 24.1 Å². The van der Waals surface area contributed by atoms with Gasteiger partial charge in [0.1, 0.15) is 0 Å². The topological polar surface area (TPSA) is 68.3 Å². The van der Waals surface area contributed by atoms with Gasteiger partial charge in [-0.05, 0) is 38.6 Å². The molecule has 0 unspecified atom stereocenters. The second-order valence-corrected chi connectivity index (χ2v) is 9.11. The van der Waals surface area contributed by atoms with E-state index in [4.69, 9.17) is 5.11 Å². The molecule has 5 nitrogen and oxygen atoms in total. The molecule has 2 aliphatic rings. The molecule has 0 amide bonds. The number of rotatable bonds is 10. The van der Waals surface area contributed by atoms with E-state index in [1.807, 2.05) is 19.0 Å². The Bertz CT molecular complexity index is 252. The van der Waals surface area contributed by atoms with Crippen LogP contribution in [0, 0.1) is 5.92 Å². The van der Waals surface area contributed by atoms with Gasteiger partial charge in [-0.2, -0.15) is 8.25 Å². The number of aliphatic hydroxyl groups is 1. The summed E-state index contributed by atoms with van der Waals surface area (Å²) in [7, 11) is 1.91. The lowest BCUT2D eigenvalue weighted by Gasteiger charge is -2.34. The first-order valence-corrected chi connectivity index (χ1v) is 9.87. The average molecular weight is 343 g/mol. The summed E-state index contributed by atoms with van der Waals surface area (Å²) < 4.78 is 12.8. The summed E-state index contributed by atoms with van der Waals surface area (Å²) in [6, 6.07) is 0. The molecule has 0 spiro atoms. The lowest BCUT2D eigenvalue weighted by atomic mass is 9.85. The molecule has 0 aromatic heterocycles. The van der Waals surface area contributed by atoms with E-state index in [9.17, 15) is 0 Å². The third kappa shape index (κ3) is 6.23. The molecule has 5 N–H and O–H groups in total. The van der Waals surface area contributed by atoms with Crippen molar-refractivity contribution in [1.29, 1.82) is 0 Å².